The Balaban J connectivity index is 1.57. The lowest BCUT2D eigenvalue weighted by atomic mass is 9.96. The molecule has 0 saturated heterocycles. The molecule has 0 spiro atoms. The molecule has 1 aromatic rings. The highest BCUT2D eigenvalue weighted by molar-refractivity contribution is 7.99. The van der Waals surface area contributed by atoms with Crippen molar-refractivity contribution in [3.8, 4) is 5.75 Å². The number of amides is 1. The molecule has 21 heavy (non-hydrogen) atoms. The summed E-state index contributed by atoms with van der Waals surface area (Å²) < 4.78 is 5.82. The van der Waals surface area contributed by atoms with Crippen LogP contribution >= 0.6 is 11.8 Å². The average molecular weight is 303 g/mol. The molecule has 1 aliphatic heterocycles. The van der Waals surface area contributed by atoms with Gasteiger partial charge in [-0.1, -0.05) is 6.08 Å². The second-order valence-electron chi connectivity index (χ2n) is 5.77. The number of ether oxygens (including phenoxy) is 1. The highest BCUT2D eigenvalue weighted by Crippen LogP contribution is 2.32. The van der Waals surface area contributed by atoms with Crippen LogP contribution in [0.25, 0.3) is 0 Å². The van der Waals surface area contributed by atoms with E-state index in [9.17, 15) is 4.79 Å². The fourth-order valence-corrected chi connectivity index (χ4v) is 3.24. The Morgan fingerprint density at radius 1 is 1.48 bits per heavy atom. The van der Waals surface area contributed by atoms with Gasteiger partial charge in [-0.3, -0.25) is 4.79 Å². The van der Waals surface area contributed by atoms with Crippen molar-refractivity contribution in [3.05, 3.63) is 36.4 Å². The van der Waals surface area contributed by atoms with Gasteiger partial charge < -0.3 is 10.1 Å². The van der Waals surface area contributed by atoms with Gasteiger partial charge in [-0.25, -0.2) is 0 Å². The molecule has 1 atom stereocenters. The summed E-state index contributed by atoms with van der Waals surface area (Å²) >= 11 is 1.78. The molecule has 3 rings (SSSR count). The quantitative estimate of drug-likeness (QED) is 0.648. The first-order valence-corrected chi connectivity index (χ1v) is 8.52. The monoisotopic (exact) mass is 303 g/mol. The topological polar surface area (TPSA) is 38.3 Å². The fourth-order valence-electron chi connectivity index (χ4n) is 2.54. The van der Waals surface area contributed by atoms with Crippen molar-refractivity contribution in [1.29, 1.82) is 0 Å². The maximum Gasteiger partial charge on any atom is 0.223 e. The van der Waals surface area contributed by atoms with E-state index >= 15 is 0 Å². The zero-order valence-electron chi connectivity index (χ0n) is 12.1. The molecule has 2 aliphatic rings. The minimum atomic E-state index is 0.219. The van der Waals surface area contributed by atoms with E-state index in [2.05, 4.69) is 30.1 Å². The number of fused-ring (bicyclic) bond motifs is 1. The number of thioether (sulfide) groups is 1. The Morgan fingerprint density at radius 2 is 2.33 bits per heavy atom. The standard InChI is InChI=1S/C17H21NO2S/c1-2-7-21-15-5-6-16-14(9-15)8-12(11-20-16)10-18-17(19)13-3-4-13/h2,5-6,9,12-13H,1,3-4,7-8,10-11H2,(H,18,19). The third kappa shape index (κ3) is 3.82. The fraction of sp³-hybridized carbons (Fsp3) is 0.471. The first-order chi connectivity index (χ1) is 10.3. The van der Waals surface area contributed by atoms with Crippen LogP contribution in [0.2, 0.25) is 0 Å². The van der Waals surface area contributed by atoms with Crippen LogP contribution in [0.4, 0.5) is 0 Å². The number of carbonyl (C=O) groups is 1. The predicted octanol–water partition coefficient (Wildman–Crippen LogP) is 3.04. The molecule has 0 bridgehead atoms. The lowest BCUT2D eigenvalue weighted by Gasteiger charge is -2.26. The maximum atomic E-state index is 11.7. The van der Waals surface area contributed by atoms with Gasteiger partial charge in [-0.2, -0.15) is 0 Å². The second-order valence-corrected chi connectivity index (χ2v) is 6.86. The first-order valence-electron chi connectivity index (χ1n) is 7.53. The molecule has 0 aromatic heterocycles. The minimum Gasteiger partial charge on any atom is -0.493 e. The molecule has 0 radical (unpaired) electrons. The number of hydrogen-bond acceptors (Lipinski definition) is 3. The first kappa shape index (κ1) is 14.5. The zero-order valence-corrected chi connectivity index (χ0v) is 13.0. The van der Waals surface area contributed by atoms with Crippen LogP contribution in [0.15, 0.2) is 35.7 Å². The molecule has 1 fully saturated rings. The maximum absolute atomic E-state index is 11.7. The van der Waals surface area contributed by atoms with E-state index in [4.69, 9.17) is 4.74 Å². The highest BCUT2D eigenvalue weighted by Gasteiger charge is 2.30. The molecule has 1 aliphatic carbocycles. The smallest absolute Gasteiger partial charge is 0.223 e. The van der Waals surface area contributed by atoms with E-state index in [1.807, 2.05) is 6.08 Å². The Labute approximate surface area is 130 Å². The van der Waals surface area contributed by atoms with Gasteiger partial charge in [0.1, 0.15) is 5.75 Å². The van der Waals surface area contributed by atoms with Crippen LogP contribution < -0.4 is 10.1 Å². The van der Waals surface area contributed by atoms with Crippen molar-refractivity contribution in [2.24, 2.45) is 11.8 Å². The summed E-state index contributed by atoms with van der Waals surface area (Å²) in [4.78, 5) is 13.0. The molecule has 4 heteroatoms. The number of rotatable bonds is 6. The molecule has 1 heterocycles. The summed E-state index contributed by atoms with van der Waals surface area (Å²) in [5.74, 6) is 2.78. The highest BCUT2D eigenvalue weighted by atomic mass is 32.2. The van der Waals surface area contributed by atoms with Gasteiger partial charge in [0, 0.05) is 29.0 Å². The van der Waals surface area contributed by atoms with E-state index in [-0.39, 0.29) is 11.8 Å². The van der Waals surface area contributed by atoms with Gasteiger partial charge in [-0.05, 0) is 43.0 Å². The molecular weight excluding hydrogens is 282 g/mol. The summed E-state index contributed by atoms with van der Waals surface area (Å²) in [6.45, 7) is 5.16. The normalized spacial score (nSPS) is 20.3. The SMILES string of the molecule is C=CCSc1ccc2c(c1)CC(CNC(=O)C1CC1)CO2. The molecule has 1 amide bonds. The summed E-state index contributed by atoms with van der Waals surface area (Å²) in [7, 11) is 0. The third-order valence-electron chi connectivity index (χ3n) is 3.90. The van der Waals surface area contributed by atoms with Crippen LogP contribution in [0, 0.1) is 11.8 Å². The van der Waals surface area contributed by atoms with E-state index in [0.29, 0.717) is 12.5 Å². The van der Waals surface area contributed by atoms with Crippen molar-refractivity contribution < 1.29 is 9.53 Å². The van der Waals surface area contributed by atoms with Crippen molar-refractivity contribution in [3.63, 3.8) is 0 Å². The summed E-state index contributed by atoms with van der Waals surface area (Å²) in [5.41, 5.74) is 1.25. The van der Waals surface area contributed by atoms with Crippen LogP contribution in [0.1, 0.15) is 18.4 Å². The largest absolute Gasteiger partial charge is 0.493 e. The molecular formula is C17H21NO2S. The van der Waals surface area contributed by atoms with Crippen LogP contribution in [-0.4, -0.2) is 24.8 Å². The Bertz CT molecular complexity index is 540. The Hall–Kier alpha value is -1.42. The Kier molecular flexibility index (Phi) is 4.54. The van der Waals surface area contributed by atoms with Crippen molar-refractivity contribution in [2.45, 2.75) is 24.2 Å². The van der Waals surface area contributed by atoms with Crippen molar-refractivity contribution in [2.75, 3.05) is 18.9 Å². The molecule has 1 unspecified atom stereocenters. The average Bonchev–Trinajstić information content (AvgIpc) is 3.35. The number of benzene rings is 1. The van der Waals surface area contributed by atoms with E-state index in [0.717, 1.165) is 37.3 Å². The zero-order chi connectivity index (χ0) is 14.7. The van der Waals surface area contributed by atoms with Gasteiger partial charge in [0.15, 0.2) is 0 Å². The number of carbonyl (C=O) groups excluding carboxylic acids is 1. The summed E-state index contributed by atoms with van der Waals surface area (Å²) in [6, 6.07) is 6.36. The number of hydrogen-bond donors (Lipinski definition) is 1. The van der Waals surface area contributed by atoms with Gasteiger partial charge in [0.05, 0.1) is 6.61 Å². The summed E-state index contributed by atoms with van der Waals surface area (Å²) in [6.07, 6.45) is 5.00. The molecule has 1 saturated carbocycles. The molecule has 1 aromatic carbocycles. The van der Waals surface area contributed by atoms with E-state index in [1.54, 1.807) is 11.8 Å². The third-order valence-corrected chi connectivity index (χ3v) is 4.89. The van der Waals surface area contributed by atoms with Gasteiger partial charge in [0.25, 0.3) is 0 Å². The summed E-state index contributed by atoms with van der Waals surface area (Å²) in [5, 5.41) is 3.06. The lowest BCUT2D eigenvalue weighted by Crippen LogP contribution is -2.35. The van der Waals surface area contributed by atoms with E-state index in [1.165, 1.54) is 10.5 Å². The predicted molar refractivity (Wildman–Crippen MR) is 85.8 cm³/mol. The lowest BCUT2D eigenvalue weighted by molar-refractivity contribution is -0.122. The van der Waals surface area contributed by atoms with Gasteiger partial charge in [0.2, 0.25) is 5.91 Å². The molecule has 112 valence electrons. The van der Waals surface area contributed by atoms with Crippen LogP contribution in [0.3, 0.4) is 0 Å². The number of nitrogens with one attached hydrogen (secondary N) is 1. The van der Waals surface area contributed by atoms with Gasteiger partial charge in [-0.15, -0.1) is 18.3 Å². The van der Waals surface area contributed by atoms with Crippen LogP contribution in [-0.2, 0) is 11.2 Å². The van der Waals surface area contributed by atoms with Crippen LogP contribution in [0.5, 0.6) is 5.75 Å². The minimum absolute atomic E-state index is 0.219. The van der Waals surface area contributed by atoms with Crippen molar-refractivity contribution >= 4 is 17.7 Å². The molecule has 1 N–H and O–H groups in total. The Morgan fingerprint density at radius 3 is 3.10 bits per heavy atom. The molecule has 3 nitrogen and oxygen atoms in total. The van der Waals surface area contributed by atoms with E-state index < -0.39 is 0 Å². The van der Waals surface area contributed by atoms with Gasteiger partial charge >= 0.3 is 0 Å². The van der Waals surface area contributed by atoms with Crippen molar-refractivity contribution in [1.82, 2.24) is 5.32 Å². The second kappa shape index (κ2) is 6.56.